The topological polar surface area (TPSA) is 21.3 Å². The highest BCUT2D eigenvalue weighted by atomic mass is 35.5. The molecule has 0 aliphatic rings. The van der Waals surface area contributed by atoms with Crippen LogP contribution in [0.25, 0.3) is 0 Å². The van der Waals surface area contributed by atoms with E-state index in [9.17, 15) is 0 Å². The lowest BCUT2D eigenvalue weighted by molar-refractivity contribution is 0.112. The van der Waals surface area contributed by atoms with Gasteiger partial charge in [0.15, 0.2) is 0 Å². The third kappa shape index (κ3) is 4.30. The quantitative estimate of drug-likeness (QED) is 0.750. The molecule has 1 aromatic rings. The fourth-order valence-corrected chi connectivity index (χ4v) is 2.05. The van der Waals surface area contributed by atoms with E-state index in [1.807, 2.05) is 19.1 Å². The first-order valence-corrected chi connectivity index (χ1v) is 6.64. The van der Waals surface area contributed by atoms with Crippen LogP contribution < -0.4 is 5.32 Å². The predicted molar refractivity (Wildman–Crippen MR) is 73.7 cm³/mol. The Hall–Kier alpha value is -0.570. The molecule has 17 heavy (non-hydrogen) atoms. The molecule has 0 saturated heterocycles. The number of ether oxygens (including phenoxy) is 1. The Morgan fingerprint density at radius 1 is 1.35 bits per heavy atom. The number of nitrogens with one attached hydrogen (secondary N) is 1. The fourth-order valence-electron chi connectivity index (χ4n) is 1.79. The van der Waals surface area contributed by atoms with Crippen molar-refractivity contribution in [3.63, 3.8) is 0 Å². The summed E-state index contributed by atoms with van der Waals surface area (Å²) in [6.45, 7) is 8.61. The van der Waals surface area contributed by atoms with Crippen molar-refractivity contribution in [3.8, 4) is 0 Å². The number of rotatable bonds is 7. The highest BCUT2D eigenvalue weighted by Gasteiger charge is 2.14. The molecular formula is C14H22ClNO. The van der Waals surface area contributed by atoms with Gasteiger partial charge >= 0.3 is 0 Å². The lowest BCUT2D eigenvalue weighted by Crippen LogP contribution is -2.26. The molecule has 0 bridgehead atoms. The van der Waals surface area contributed by atoms with Crippen molar-refractivity contribution < 1.29 is 4.74 Å². The van der Waals surface area contributed by atoms with Crippen LogP contribution in [0.4, 0.5) is 0 Å². The van der Waals surface area contributed by atoms with E-state index in [1.165, 1.54) is 0 Å². The Balaban J connectivity index is 2.77. The maximum absolute atomic E-state index is 6.34. The number of likely N-dealkylation sites (N-methyl/N-ethyl adjacent to an activating group) is 1. The Labute approximate surface area is 109 Å². The molecule has 0 aromatic heterocycles. The number of aryl methyl sites for hydroxylation is 1. The van der Waals surface area contributed by atoms with Crippen LogP contribution in [0.5, 0.6) is 0 Å². The molecule has 0 fully saturated rings. The van der Waals surface area contributed by atoms with Crippen molar-refractivity contribution in [1.29, 1.82) is 0 Å². The number of halogens is 1. The van der Waals surface area contributed by atoms with Crippen molar-refractivity contribution in [2.75, 3.05) is 19.8 Å². The third-order valence-electron chi connectivity index (χ3n) is 2.68. The second-order valence-electron chi connectivity index (χ2n) is 4.16. The summed E-state index contributed by atoms with van der Waals surface area (Å²) in [4.78, 5) is 0. The summed E-state index contributed by atoms with van der Waals surface area (Å²) in [5.74, 6) is 0. The second kappa shape index (κ2) is 7.70. The molecule has 0 radical (unpaired) electrons. The van der Waals surface area contributed by atoms with E-state index in [4.69, 9.17) is 16.3 Å². The zero-order valence-electron chi connectivity index (χ0n) is 10.9. The van der Waals surface area contributed by atoms with Crippen molar-refractivity contribution in [3.05, 3.63) is 34.3 Å². The summed E-state index contributed by atoms with van der Waals surface area (Å²) in [6.07, 6.45) is 1.04. The number of benzene rings is 1. The van der Waals surface area contributed by atoms with Crippen LogP contribution in [0, 0.1) is 6.92 Å². The highest BCUT2D eigenvalue weighted by molar-refractivity contribution is 6.32. The largest absolute Gasteiger partial charge is 0.379 e. The van der Waals surface area contributed by atoms with Crippen LogP contribution in [-0.2, 0) is 4.74 Å². The molecule has 0 spiro atoms. The minimum Gasteiger partial charge on any atom is -0.379 e. The van der Waals surface area contributed by atoms with Gasteiger partial charge in [0.2, 0.25) is 0 Å². The Bertz CT molecular complexity index is 341. The predicted octanol–water partition coefficient (Wildman–Crippen LogP) is 3.73. The molecule has 2 nitrogen and oxygen atoms in total. The zero-order chi connectivity index (χ0) is 12.7. The summed E-state index contributed by atoms with van der Waals surface area (Å²) in [7, 11) is 0. The minimum absolute atomic E-state index is 0.180. The molecule has 1 rings (SSSR count). The molecule has 0 saturated carbocycles. The maximum atomic E-state index is 6.34. The van der Waals surface area contributed by atoms with Gasteiger partial charge in [0.25, 0.3) is 0 Å². The van der Waals surface area contributed by atoms with Crippen LogP contribution in [0.1, 0.15) is 37.4 Å². The molecule has 0 aliphatic carbocycles. The van der Waals surface area contributed by atoms with E-state index in [0.717, 1.165) is 35.7 Å². The van der Waals surface area contributed by atoms with Crippen LogP contribution in [0.15, 0.2) is 18.2 Å². The van der Waals surface area contributed by atoms with Gasteiger partial charge in [-0.15, -0.1) is 0 Å². The standard InChI is InChI=1S/C14H22ClNO/c1-4-9-17-10-13(16-5-2)12-8-6-7-11(3)14(12)15/h6-8,13,16H,4-5,9-10H2,1-3H3. The molecule has 1 N–H and O–H groups in total. The summed E-state index contributed by atoms with van der Waals surface area (Å²) in [5, 5.41) is 4.26. The highest BCUT2D eigenvalue weighted by Crippen LogP contribution is 2.26. The molecule has 96 valence electrons. The average molecular weight is 256 g/mol. The lowest BCUT2D eigenvalue weighted by Gasteiger charge is -2.20. The second-order valence-corrected chi connectivity index (χ2v) is 4.54. The van der Waals surface area contributed by atoms with Crippen molar-refractivity contribution in [2.24, 2.45) is 0 Å². The first-order valence-electron chi connectivity index (χ1n) is 6.26. The van der Waals surface area contributed by atoms with E-state index < -0.39 is 0 Å². The van der Waals surface area contributed by atoms with E-state index in [-0.39, 0.29) is 6.04 Å². The monoisotopic (exact) mass is 255 g/mol. The minimum atomic E-state index is 0.180. The lowest BCUT2D eigenvalue weighted by atomic mass is 10.0. The van der Waals surface area contributed by atoms with Gasteiger partial charge in [0, 0.05) is 11.6 Å². The summed E-state index contributed by atoms with van der Waals surface area (Å²) in [6, 6.07) is 6.32. The fraction of sp³-hybridized carbons (Fsp3) is 0.571. The van der Waals surface area contributed by atoms with Gasteiger partial charge in [-0.05, 0) is 31.0 Å². The summed E-state index contributed by atoms with van der Waals surface area (Å²) >= 11 is 6.34. The molecule has 1 unspecified atom stereocenters. The van der Waals surface area contributed by atoms with Crippen LogP contribution in [-0.4, -0.2) is 19.8 Å². The Morgan fingerprint density at radius 3 is 2.76 bits per heavy atom. The number of hydrogen-bond donors (Lipinski definition) is 1. The van der Waals surface area contributed by atoms with Crippen LogP contribution >= 0.6 is 11.6 Å². The number of hydrogen-bond acceptors (Lipinski definition) is 2. The Kier molecular flexibility index (Phi) is 6.56. The first-order chi connectivity index (χ1) is 8.20. The first kappa shape index (κ1) is 14.5. The smallest absolute Gasteiger partial charge is 0.0662 e. The molecule has 1 atom stereocenters. The van der Waals surface area contributed by atoms with Gasteiger partial charge in [-0.2, -0.15) is 0 Å². The summed E-state index contributed by atoms with van der Waals surface area (Å²) in [5.41, 5.74) is 2.24. The van der Waals surface area contributed by atoms with Gasteiger partial charge in [0.1, 0.15) is 0 Å². The van der Waals surface area contributed by atoms with Gasteiger partial charge in [-0.1, -0.05) is 43.6 Å². The molecule has 0 heterocycles. The van der Waals surface area contributed by atoms with Crippen molar-refractivity contribution >= 4 is 11.6 Å². The average Bonchev–Trinajstić information content (AvgIpc) is 2.32. The molecule has 0 aliphatic heterocycles. The summed E-state index contributed by atoms with van der Waals surface area (Å²) < 4.78 is 5.63. The maximum Gasteiger partial charge on any atom is 0.0662 e. The van der Waals surface area contributed by atoms with Crippen molar-refractivity contribution in [2.45, 2.75) is 33.2 Å². The van der Waals surface area contributed by atoms with E-state index in [1.54, 1.807) is 0 Å². The molecule has 1 aromatic carbocycles. The molecular weight excluding hydrogens is 234 g/mol. The van der Waals surface area contributed by atoms with E-state index in [0.29, 0.717) is 6.61 Å². The SMILES string of the molecule is CCCOCC(NCC)c1cccc(C)c1Cl. The van der Waals surface area contributed by atoms with Gasteiger partial charge in [-0.25, -0.2) is 0 Å². The van der Waals surface area contributed by atoms with E-state index >= 15 is 0 Å². The van der Waals surface area contributed by atoms with Crippen LogP contribution in [0.2, 0.25) is 5.02 Å². The third-order valence-corrected chi connectivity index (χ3v) is 3.20. The van der Waals surface area contributed by atoms with Crippen LogP contribution in [0.3, 0.4) is 0 Å². The molecule has 3 heteroatoms. The normalized spacial score (nSPS) is 12.7. The molecule has 0 amide bonds. The van der Waals surface area contributed by atoms with Gasteiger partial charge in [0.05, 0.1) is 12.6 Å². The van der Waals surface area contributed by atoms with Gasteiger partial charge < -0.3 is 10.1 Å². The van der Waals surface area contributed by atoms with Crippen molar-refractivity contribution in [1.82, 2.24) is 5.32 Å². The van der Waals surface area contributed by atoms with Gasteiger partial charge in [-0.3, -0.25) is 0 Å². The Morgan fingerprint density at radius 2 is 2.12 bits per heavy atom. The zero-order valence-corrected chi connectivity index (χ0v) is 11.7. The van der Waals surface area contributed by atoms with E-state index in [2.05, 4.69) is 25.2 Å².